The Balaban J connectivity index is 2.51. The van der Waals surface area contributed by atoms with E-state index in [1.807, 2.05) is 0 Å². The first-order valence-electron chi connectivity index (χ1n) is 10.8. The zero-order chi connectivity index (χ0) is 27.3. The number of halogens is 5. The molecule has 2 rings (SSSR count). The Bertz CT molecular complexity index is 1210. The molecule has 13 heteroatoms. The van der Waals surface area contributed by atoms with Gasteiger partial charge in [-0.2, -0.15) is 13.2 Å². The Morgan fingerprint density at radius 1 is 1.08 bits per heavy atom. The van der Waals surface area contributed by atoms with Crippen LogP contribution >= 0.6 is 23.2 Å². The highest BCUT2D eigenvalue weighted by Gasteiger charge is 2.34. The topological polar surface area (TPSA) is 86.8 Å². The maximum Gasteiger partial charge on any atom is 0.416 e. The highest BCUT2D eigenvalue weighted by molar-refractivity contribution is 7.92. The normalized spacial score (nSPS) is 12.7. The lowest BCUT2D eigenvalue weighted by Gasteiger charge is -2.33. The average Bonchev–Trinajstić information content (AvgIpc) is 2.77. The third-order valence-electron chi connectivity index (χ3n) is 5.23. The summed E-state index contributed by atoms with van der Waals surface area (Å²) < 4.78 is 65.3. The number of alkyl halides is 3. The molecule has 0 unspecified atom stereocenters. The molecule has 7 nitrogen and oxygen atoms in total. The molecule has 2 amide bonds. The van der Waals surface area contributed by atoms with E-state index in [9.17, 15) is 31.2 Å². The van der Waals surface area contributed by atoms with Crippen molar-refractivity contribution in [2.75, 3.05) is 23.7 Å². The van der Waals surface area contributed by atoms with Crippen LogP contribution in [0, 0.1) is 0 Å². The zero-order valence-corrected chi connectivity index (χ0v) is 22.1. The fourth-order valence-electron chi connectivity index (χ4n) is 3.50. The summed E-state index contributed by atoms with van der Waals surface area (Å²) in [5.74, 6) is -1.27. The van der Waals surface area contributed by atoms with Gasteiger partial charge < -0.3 is 10.2 Å². The van der Waals surface area contributed by atoms with E-state index in [0.29, 0.717) is 27.5 Å². The number of carbonyl (C=O) groups excluding carboxylic acids is 2. The minimum absolute atomic E-state index is 0.162. The standard InChI is InChI=1S/C23H26Cl2F3N3O4S/c1-4-20(22(33)29-5-2)30(13-15-9-10-17(24)12-19(15)25)21(32)14-31(36(3,34)35)18-8-6-7-16(11-18)23(26,27)28/h6-12,20H,4-5,13-14H2,1-3H3,(H,29,33)/t20-/m1/s1. The van der Waals surface area contributed by atoms with Gasteiger partial charge in [0.1, 0.15) is 12.6 Å². The molecule has 0 heterocycles. The van der Waals surface area contributed by atoms with Gasteiger partial charge in [0.25, 0.3) is 0 Å². The van der Waals surface area contributed by atoms with Gasteiger partial charge in [0, 0.05) is 23.1 Å². The number of carbonyl (C=O) groups is 2. The van der Waals surface area contributed by atoms with Crippen LogP contribution in [0.25, 0.3) is 0 Å². The van der Waals surface area contributed by atoms with Gasteiger partial charge in [-0.15, -0.1) is 0 Å². The van der Waals surface area contributed by atoms with Gasteiger partial charge in [0.2, 0.25) is 21.8 Å². The van der Waals surface area contributed by atoms with Crippen molar-refractivity contribution in [3.63, 3.8) is 0 Å². The van der Waals surface area contributed by atoms with E-state index >= 15 is 0 Å². The lowest BCUT2D eigenvalue weighted by molar-refractivity contribution is -0.140. The van der Waals surface area contributed by atoms with E-state index in [4.69, 9.17) is 23.2 Å². The molecule has 0 saturated carbocycles. The molecule has 0 fully saturated rings. The van der Waals surface area contributed by atoms with Crippen LogP contribution in [0.15, 0.2) is 42.5 Å². The molecule has 0 aliphatic rings. The van der Waals surface area contributed by atoms with Crippen molar-refractivity contribution in [2.24, 2.45) is 0 Å². The number of sulfonamides is 1. The van der Waals surface area contributed by atoms with Gasteiger partial charge in [-0.3, -0.25) is 13.9 Å². The second-order valence-corrected chi connectivity index (χ2v) is 10.6. The number of hydrogen-bond acceptors (Lipinski definition) is 4. The molecule has 0 aromatic heterocycles. The van der Waals surface area contributed by atoms with E-state index in [0.717, 1.165) is 29.4 Å². The van der Waals surface area contributed by atoms with Crippen molar-refractivity contribution in [3.05, 3.63) is 63.6 Å². The molecular formula is C23H26Cl2F3N3O4S. The minimum atomic E-state index is -4.72. The van der Waals surface area contributed by atoms with Crippen LogP contribution in [0.5, 0.6) is 0 Å². The predicted molar refractivity (Wildman–Crippen MR) is 133 cm³/mol. The second-order valence-electron chi connectivity index (χ2n) is 7.89. The number of benzene rings is 2. The number of rotatable bonds is 10. The first kappa shape index (κ1) is 29.7. The van der Waals surface area contributed by atoms with Gasteiger partial charge in [-0.1, -0.05) is 42.3 Å². The summed E-state index contributed by atoms with van der Waals surface area (Å²) >= 11 is 12.2. The lowest BCUT2D eigenvalue weighted by atomic mass is 10.1. The Morgan fingerprint density at radius 2 is 1.75 bits per heavy atom. The SMILES string of the molecule is CCNC(=O)[C@@H](CC)N(Cc1ccc(Cl)cc1Cl)C(=O)CN(c1cccc(C(F)(F)F)c1)S(C)(=O)=O. The van der Waals surface area contributed by atoms with Crippen LogP contribution in [-0.4, -0.2) is 50.5 Å². The number of amides is 2. The lowest BCUT2D eigenvalue weighted by Crippen LogP contribution is -2.52. The largest absolute Gasteiger partial charge is 0.416 e. The summed E-state index contributed by atoms with van der Waals surface area (Å²) in [6.45, 7) is 2.67. The average molecular weight is 568 g/mol. The number of nitrogens with zero attached hydrogens (tertiary/aromatic N) is 2. The molecule has 36 heavy (non-hydrogen) atoms. The number of hydrogen-bond donors (Lipinski definition) is 1. The van der Waals surface area contributed by atoms with Crippen LogP contribution in [-0.2, 0) is 32.3 Å². The van der Waals surface area contributed by atoms with Crippen LogP contribution in [0.1, 0.15) is 31.4 Å². The van der Waals surface area contributed by atoms with Crippen LogP contribution < -0.4 is 9.62 Å². The third-order valence-corrected chi connectivity index (χ3v) is 6.96. The van der Waals surface area contributed by atoms with E-state index in [1.165, 1.54) is 6.07 Å². The van der Waals surface area contributed by atoms with Crippen molar-refractivity contribution in [1.82, 2.24) is 10.2 Å². The van der Waals surface area contributed by atoms with Crippen LogP contribution in [0.4, 0.5) is 18.9 Å². The Morgan fingerprint density at radius 3 is 2.28 bits per heavy atom. The van der Waals surface area contributed by atoms with Gasteiger partial charge in [-0.25, -0.2) is 8.42 Å². The highest BCUT2D eigenvalue weighted by atomic mass is 35.5. The summed E-state index contributed by atoms with van der Waals surface area (Å²) in [4.78, 5) is 27.4. The molecular weight excluding hydrogens is 542 g/mol. The second kappa shape index (κ2) is 12.2. The Labute approximate surface area is 218 Å². The number of likely N-dealkylation sites (N-methyl/N-ethyl adjacent to an activating group) is 1. The summed E-state index contributed by atoms with van der Waals surface area (Å²) in [7, 11) is -4.18. The molecule has 198 valence electrons. The van der Waals surface area contributed by atoms with E-state index in [1.54, 1.807) is 26.0 Å². The quantitative estimate of drug-likeness (QED) is 0.450. The third kappa shape index (κ3) is 7.75. The highest BCUT2D eigenvalue weighted by Crippen LogP contribution is 2.32. The van der Waals surface area contributed by atoms with E-state index in [2.05, 4.69) is 5.32 Å². The first-order valence-corrected chi connectivity index (χ1v) is 13.5. The van der Waals surface area contributed by atoms with E-state index < -0.39 is 46.2 Å². The zero-order valence-electron chi connectivity index (χ0n) is 19.8. The van der Waals surface area contributed by atoms with Crippen molar-refractivity contribution in [3.8, 4) is 0 Å². The maximum absolute atomic E-state index is 13.5. The summed E-state index contributed by atoms with van der Waals surface area (Å²) in [5.41, 5.74) is -0.960. The van der Waals surface area contributed by atoms with Gasteiger partial charge in [0.15, 0.2) is 0 Å². The summed E-state index contributed by atoms with van der Waals surface area (Å²) in [5, 5.41) is 3.21. The van der Waals surface area contributed by atoms with Crippen molar-refractivity contribution in [2.45, 2.75) is 39.0 Å². The molecule has 0 saturated heterocycles. The predicted octanol–water partition coefficient (Wildman–Crippen LogP) is 4.72. The minimum Gasteiger partial charge on any atom is -0.355 e. The molecule has 1 N–H and O–H groups in total. The van der Waals surface area contributed by atoms with Crippen molar-refractivity contribution in [1.29, 1.82) is 0 Å². The van der Waals surface area contributed by atoms with Crippen molar-refractivity contribution >= 4 is 50.7 Å². The monoisotopic (exact) mass is 567 g/mol. The summed E-state index contributed by atoms with van der Waals surface area (Å²) in [6, 6.07) is 7.23. The fourth-order valence-corrected chi connectivity index (χ4v) is 4.81. The number of anilines is 1. The molecule has 0 radical (unpaired) electrons. The molecule has 0 spiro atoms. The van der Waals surface area contributed by atoms with Gasteiger partial charge >= 0.3 is 6.18 Å². The molecule has 0 aliphatic heterocycles. The molecule has 1 atom stereocenters. The van der Waals surface area contributed by atoms with Crippen LogP contribution in [0.3, 0.4) is 0 Å². The molecule has 0 aliphatic carbocycles. The van der Waals surface area contributed by atoms with Gasteiger partial charge in [0.05, 0.1) is 17.5 Å². The summed E-state index contributed by atoms with van der Waals surface area (Å²) in [6.07, 6.45) is -3.75. The Kier molecular flexibility index (Phi) is 10.0. The molecule has 0 bridgehead atoms. The first-order chi connectivity index (χ1) is 16.7. The van der Waals surface area contributed by atoms with Crippen molar-refractivity contribution < 1.29 is 31.2 Å². The smallest absolute Gasteiger partial charge is 0.355 e. The maximum atomic E-state index is 13.5. The molecule has 2 aromatic rings. The van der Waals surface area contributed by atoms with E-state index in [-0.39, 0.29) is 23.7 Å². The molecule has 2 aromatic carbocycles. The van der Waals surface area contributed by atoms with Crippen LogP contribution in [0.2, 0.25) is 10.0 Å². The number of nitrogens with one attached hydrogen (secondary N) is 1. The Hall–Kier alpha value is -2.50. The van der Waals surface area contributed by atoms with Gasteiger partial charge in [-0.05, 0) is 49.2 Å². The fraction of sp³-hybridized carbons (Fsp3) is 0.391.